The normalized spacial score (nSPS) is 18.5. The molecule has 17 heteroatoms. The number of hydrogen-bond donors (Lipinski definition) is 3. The predicted molar refractivity (Wildman–Crippen MR) is 158 cm³/mol. The third-order valence-corrected chi connectivity index (χ3v) is 8.81. The molecule has 11 nitrogen and oxygen atoms in total. The van der Waals surface area contributed by atoms with E-state index < -0.39 is 42.7 Å². The minimum atomic E-state index is -4.74. The van der Waals surface area contributed by atoms with Crippen LogP contribution in [0, 0.1) is 0 Å². The minimum Gasteiger partial charge on any atom is -0.357 e. The van der Waals surface area contributed by atoms with Crippen LogP contribution in [-0.4, -0.2) is 79.6 Å². The monoisotopic (exact) mass is 665 g/mol. The van der Waals surface area contributed by atoms with Crippen molar-refractivity contribution in [2.75, 3.05) is 37.6 Å². The van der Waals surface area contributed by atoms with Crippen molar-refractivity contribution >= 4 is 34.2 Å². The maximum atomic E-state index is 13.9. The minimum absolute atomic E-state index is 0.0346. The second kappa shape index (κ2) is 12.5. The highest BCUT2D eigenvalue weighted by Gasteiger charge is 2.38. The lowest BCUT2D eigenvalue weighted by Crippen LogP contribution is -2.45. The number of piperidine rings is 2. The van der Waals surface area contributed by atoms with Gasteiger partial charge in [-0.2, -0.15) is 18.3 Å². The van der Waals surface area contributed by atoms with Gasteiger partial charge in [0.25, 0.3) is 11.8 Å². The Balaban J connectivity index is 1.19. The number of likely N-dealkylation sites (tertiary alicyclic amines) is 1. The van der Waals surface area contributed by atoms with Crippen molar-refractivity contribution in [1.82, 2.24) is 40.3 Å². The van der Waals surface area contributed by atoms with Crippen LogP contribution in [0.1, 0.15) is 65.2 Å². The molecule has 0 radical (unpaired) electrons. The number of hydrogen-bond acceptors (Lipinski definition) is 8. The van der Waals surface area contributed by atoms with Crippen molar-refractivity contribution in [1.29, 1.82) is 0 Å². The molecule has 0 spiro atoms. The molecule has 2 fully saturated rings. The summed E-state index contributed by atoms with van der Waals surface area (Å²) in [6.07, 6.45) is -2.07. The molecule has 2 aliphatic rings. The number of carbonyl (C=O) groups excluding carboxylic acids is 1. The molecule has 1 atom stereocenters. The fraction of sp³-hybridized carbons (Fsp3) is 0.448. The lowest BCUT2D eigenvalue weighted by atomic mass is 9.96. The number of alkyl halides is 5. The summed E-state index contributed by atoms with van der Waals surface area (Å²) >= 11 is 6.48. The van der Waals surface area contributed by atoms with E-state index in [9.17, 15) is 31.5 Å². The quantitative estimate of drug-likeness (QED) is 0.242. The highest BCUT2D eigenvalue weighted by Crippen LogP contribution is 2.34. The van der Waals surface area contributed by atoms with Crippen molar-refractivity contribution < 1.29 is 26.7 Å². The van der Waals surface area contributed by atoms with Crippen LogP contribution in [0.15, 0.2) is 41.5 Å². The van der Waals surface area contributed by atoms with Crippen LogP contribution in [0.25, 0.3) is 10.9 Å². The van der Waals surface area contributed by atoms with Gasteiger partial charge in [-0.3, -0.25) is 14.7 Å². The standard InChI is InChI=1S/C29H29ClF5N9O2/c30-19-2-3-20-18(1-4-22(39-20)44-9-5-16(6-10-44)24-40-27(46)42-41-24)23(19)25(45)36-15-21(43-11-7-28(31,32)8-12-43)17-13-37-26(38-14-17)29(33,34)35/h1-4,13-14,16,21H,5-12,15H2,(H,36,45)(H2,40,41,42,46). The topological polar surface area (TPSA) is 136 Å². The maximum Gasteiger partial charge on any atom is 0.451 e. The first-order chi connectivity index (χ1) is 21.9. The Bertz CT molecular complexity index is 1760. The van der Waals surface area contributed by atoms with E-state index in [1.54, 1.807) is 29.2 Å². The lowest BCUT2D eigenvalue weighted by molar-refractivity contribution is -0.145. The Morgan fingerprint density at radius 3 is 2.39 bits per heavy atom. The van der Waals surface area contributed by atoms with Crippen LogP contribution >= 0.6 is 11.6 Å². The number of carbonyl (C=O) groups is 1. The highest BCUT2D eigenvalue weighted by atomic mass is 35.5. The second-order valence-corrected chi connectivity index (χ2v) is 11.8. The Morgan fingerprint density at radius 1 is 1.07 bits per heavy atom. The summed E-state index contributed by atoms with van der Waals surface area (Å²) in [5.74, 6) is -3.27. The summed E-state index contributed by atoms with van der Waals surface area (Å²) in [6.45, 7) is 1.17. The second-order valence-electron chi connectivity index (χ2n) is 11.4. The molecule has 2 saturated heterocycles. The number of rotatable bonds is 7. The van der Waals surface area contributed by atoms with Crippen molar-refractivity contribution in [3.05, 3.63) is 74.9 Å². The van der Waals surface area contributed by atoms with E-state index in [4.69, 9.17) is 16.6 Å². The van der Waals surface area contributed by atoms with Gasteiger partial charge in [0, 0.05) is 74.8 Å². The molecule has 244 valence electrons. The number of nitrogens with one attached hydrogen (secondary N) is 3. The Labute approximate surface area is 263 Å². The van der Waals surface area contributed by atoms with Gasteiger partial charge in [0.2, 0.25) is 5.82 Å². The number of amides is 1. The van der Waals surface area contributed by atoms with Crippen molar-refractivity contribution in [2.24, 2.45) is 0 Å². The Morgan fingerprint density at radius 2 is 1.76 bits per heavy atom. The average molecular weight is 666 g/mol. The number of H-pyrrole nitrogens is 2. The van der Waals surface area contributed by atoms with Crippen LogP contribution < -0.4 is 15.9 Å². The predicted octanol–water partition coefficient (Wildman–Crippen LogP) is 4.69. The number of halogens is 6. The maximum absolute atomic E-state index is 13.9. The number of benzene rings is 1. The third-order valence-electron chi connectivity index (χ3n) is 8.49. The van der Waals surface area contributed by atoms with E-state index in [1.807, 2.05) is 0 Å². The van der Waals surface area contributed by atoms with Crippen LogP contribution in [0.4, 0.5) is 27.8 Å². The number of nitrogens with zero attached hydrogens (tertiary/aromatic N) is 6. The molecule has 1 unspecified atom stereocenters. The van der Waals surface area contributed by atoms with Gasteiger partial charge >= 0.3 is 11.9 Å². The first-order valence-corrected chi connectivity index (χ1v) is 15.0. The van der Waals surface area contributed by atoms with Gasteiger partial charge in [-0.15, -0.1) is 0 Å². The van der Waals surface area contributed by atoms with Gasteiger partial charge < -0.3 is 10.2 Å². The highest BCUT2D eigenvalue weighted by molar-refractivity contribution is 6.35. The summed E-state index contributed by atoms with van der Waals surface area (Å²) in [7, 11) is 0. The summed E-state index contributed by atoms with van der Waals surface area (Å²) in [4.78, 5) is 43.1. The molecule has 3 N–H and O–H groups in total. The van der Waals surface area contributed by atoms with Gasteiger partial charge in [0.1, 0.15) is 11.6 Å². The molecule has 1 aromatic carbocycles. The summed E-state index contributed by atoms with van der Waals surface area (Å²) in [6, 6.07) is 6.05. The summed E-state index contributed by atoms with van der Waals surface area (Å²) in [5, 5.41) is 9.89. The van der Waals surface area contributed by atoms with E-state index in [0.29, 0.717) is 35.6 Å². The first-order valence-electron chi connectivity index (χ1n) is 14.7. The van der Waals surface area contributed by atoms with Gasteiger partial charge in [-0.1, -0.05) is 11.6 Å². The molecule has 4 aromatic rings. The molecule has 6 rings (SSSR count). The van der Waals surface area contributed by atoms with E-state index in [1.165, 1.54) is 0 Å². The fourth-order valence-corrected chi connectivity index (χ4v) is 6.24. The molecule has 0 aliphatic carbocycles. The van der Waals surface area contributed by atoms with Gasteiger partial charge in [0.05, 0.1) is 22.1 Å². The molecule has 1 amide bonds. The van der Waals surface area contributed by atoms with Crippen LogP contribution in [-0.2, 0) is 6.18 Å². The number of aromatic amines is 2. The zero-order valence-electron chi connectivity index (χ0n) is 24.3. The number of pyridine rings is 1. The summed E-state index contributed by atoms with van der Waals surface area (Å²) in [5.41, 5.74) is 0.590. The Kier molecular flexibility index (Phi) is 8.67. The third kappa shape index (κ3) is 6.82. The van der Waals surface area contributed by atoms with Gasteiger partial charge in [-0.25, -0.2) is 33.6 Å². The molecular weight excluding hydrogens is 637 g/mol. The molecular formula is C29H29ClF5N9O2. The van der Waals surface area contributed by atoms with Crippen molar-refractivity contribution in [3.63, 3.8) is 0 Å². The number of aromatic nitrogens is 6. The van der Waals surface area contributed by atoms with Crippen molar-refractivity contribution in [2.45, 2.75) is 49.7 Å². The zero-order chi connectivity index (χ0) is 32.6. The molecule has 0 bridgehead atoms. The van der Waals surface area contributed by atoms with Crippen LogP contribution in [0.5, 0.6) is 0 Å². The van der Waals surface area contributed by atoms with Gasteiger partial charge in [0.15, 0.2) is 0 Å². The fourth-order valence-electron chi connectivity index (χ4n) is 5.99. The van der Waals surface area contributed by atoms with Crippen LogP contribution in [0.3, 0.4) is 0 Å². The number of fused-ring (bicyclic) bond motifs is 1. The van der Waals surface area contributed by atoms with Gasteiger partial charge in [-0.05, 0) is 37.1 Å². The SMILES string of the molecule is O=C(NCC(c1cnc(C(F)(F)F)nc1)N1CCC(F)(F)CC1)c1c(Cl)ccc2nc(N3CCC(c4n[nH]c(=O)[nH]4)CC3)ccc12. The largest absolute Gasteiger partial charge is 0.451 e. The molecule has 0 saturated carbocycles. The molecule has 46 heavy (non-hydrogen) atoms. The summed E-state index contributed by atoms with van der Waals surface area (Å²) < 4.78 is 67.0. The van der Waals surface area contributed by atoms with E-state index in [-0.39, 0.29) is 47.4 Å². The smallest absolute Gasteiger partial charge is 0.357 e. The van der Waals surface area contributed by atoms with Crippen molar-refractivity contribution in [3.8, 4) is 0 Å². The molecule has 5 heterocycles. The molecule has 2 aliphatic heterocycles. The lowest BCUT2D eigenvalue weighted by Gasteiger charge is -2.37. The zero-order valence-corrected chi connectivity index (χ0v) is 25.0. The van der Waals surface area contributed by atoms with E-state index in [2.05, 4.69) is 35.4 Å². The molecule has 3 aromatic heterocycles. The average Bonchev–Trinajstić information content (AvgIpc) is 3.47. The first kappa shape index (κ1) is 31.8. The Hall–Kier alpha value is -4.18. The number of anilines is 1. The van der Waals surface area contributed by atoms with E-state index in [0.717, 1.165) is 25.2 Å². The van der Waals surface area contributed by atoms with E-state index >= 15 is 0 Å². The van der Waals surface area contributed by atoms with Crippen LogP contribution in [0.2, 0.25) is 5.02 Å².